The molecular weight excluding hydrogens is 241 g/mol. The van der Waals surface area contributed by atoms with E-state index in [1.807, 2.05) is 24.3 Å². The number of rotatable bonds is 2. The standard InChI is InChI=1S/C16H16FNO/c1-16(19,13-8-4-5-9-14(13)17)15-12-7-3-2-6-11(12)10-18-15/h2-9,15,18-19H,10H2,1H3. The smallest absolute Gasteiger partial charge is 0.129 e. The zero-order valence-electron chi connectivity index (χ0n) is 10.7. The Kier molecular flexibility index (Phi) is 2.88. The molecule has 0 radical (unpaired) electrons. The Bertz CT molecular complexity index is 609. The SMILES string of the molecule is CC(O)(c1ccccc1F)C1NCc2ccccc21. The summed E-state index contributed by atoms with van der Waals surface area (Å²) < 4.78 is 13.9. The minimum Gasteiger partial charge on any atom is -0.383 e. The van der Waals surface area contributed by atoms with Gasteiger partial charge in [-0.05, 0) is 24.1 Å². The Balaban J connectivity index is 2.05. The third kappa shape index (κ3) is 1.95. The topological polar surface area (TPSA) is 32.3 Å². The quantitative estimate of drug-likeness (QED) is 0.867. The molecule has 1 aliphatic heterocycles. The molecule has 2 N–H and O–H groups in total. The molecule has 2 nitrogen and oxygen atoms in total. The molecule has 3 heteroatoms. The van der Waals surface area contributed by atoms with Gasteiger partial charge >= 0.3 is 0 Å². The van der Waals surface area contributed by atoms with Gasteiger partial charge in [-0.1, -0.05) is 42.5 Å². The van der Waals surface area contributed by atoms with Crippen LogP contribution < -0.4 is 5.32 Å². The van der Waals surface area contributed by atoms with Gasteiger partial charge in [0, 0.05) is 12.1 Å². The number of hydrogen-bond acceptors (Lipinski definition) is 2. The molecule has 2 aromatic rings. The second-order valence-corrected chi connectivity index (χ2v) is 5.14. The molecule has 2 aromatic carbocycles. The fourth-order valence-electron chi connectivity index (χ4n) is 2.83. The first-order chi connectivity index (χ1) is 9.10. The Morgan fingerprint density at radius 3 is 2.63 bits per heavy atom. The van der Waals surface area contributed by atoms with Gasteiger partial charge < -0.3 is 10.4 Å². The molecular formula is C16H16FNO. The van der Waals surface area contributed by atoms with Crippen LogP contribution in [0.4, 0.5) is 4.39 Å². The van der Waals surface area contributed by atoms with Gasteiger partial charge in [-0.15, -0.1) is 0 Å². The van der Waals surface area contributed by atoms with E-state index in [1.165, 1.54) is 6.07 Å². The largest absolute Gasteiger partial charge is 0.383 e. The number of hydrogen-bond donors (Lipinski definition) is 2. The van der Waals surface area contributed by atoms with E-state index in [4.69, 9.17) is 0 Å². The van der Waals surface area contributed by atoms with Crippen molar-refractivity contribution in [2.45, 2.75) is 25.1 Å². The summed E-state index contributed by atoms with van der Waals surface area (Å²) in [5, 5.41) is 14.1. The van der Waals surface area contributed by atoms with Gasteiger partial charge in [0.25, 0.3) is 0 Å². The van der Waals surface area contributed by atoms with Crippen molar-refractivity contribution in [1.82, 2.24) is 5.32 Å². The minimum atomic E-state index is -1.28. The maximum Gasteiger partial charge on any atom is 0.129 e. The van der Waals surface area contributed by atoms with Crippen molar-refractivity contribution in [2.75, 3.05) is 0 Å². The zero-order valence-corrected chi connectivity index (χ0v) is 10.7. The Morgan fingerprint density at radius 2 is 1.84 bits per heavy atom. The molecule has 0 fully saturated rings. The Hall–Kier alpha value is -1.71. The molecule has 2 unspecified atom stereocenters. The first kappa shape index (κ1) is 12.3. The van der Waals surface area contributed by atoms with Crippen LogP contribution in [0, 0.1) is 5.82 Å². The fraction of sp³-hybridized carbons (Fsp3) is 0.250. The van der Waals surface area contributed by atoms with Gasteiger partial charge in [-0.2, -0.15) is 0 Å². The van der Waals surface area contributed by atoms with Crippen LogP contribution in [0.1, 0.15) is 29.7 Å². The Labute approximate surface area is 111 Å². The van der Waals surface area contributed by atoms with Crippen LogP contribution in [-0.4, -0.2) is 5.11 Å². The summed E-state index contributed by atoms with van der Waals surface area (Å²) in [6.45, 7) is 2.36. The van der Waals surface area contributed by atoms with Crippen LogP contribution in [-0.2, 0) is 12.1 Å². The summed E-state index contributed by atoms with van der Waals surface area (Å²) in [7, 11) is 0. The number of fused-ring (bicyclic) bond motifs is 1. The third-order valence-corrected chi connectivity index (χ3v) is 3.84. The van der Waals surface area contributed by atoms with Gasteiger partial charge in [0.15, 0.2) is 0 Å². The van der Waals surface area contributed by atoms with Crippen LogP contribution >= 0.6 is 0 Å². The van der Waals surface area contributed by atoms with E-state index < -0.39 is 5.60 Å². The van der Waals surface area contributed by atoms with Gasteiger partial charge in [0.2, 0.25) is 0 Å². The predicted octanol–water partition coefficient (Wildman–Crippen LogP) is 2.88. The first-order valence-corrected chi connectivity index (χ1v) is 6.39. The molecule has 0 bridgehead atoms. The van der Waals surface area contributed by atoms with Crippen molar-refractivity contribution in [1.29, 1.82) is 0 Å². The van der Waals surface area contributed by atoms with Crippen LogP contribution in [0.3, 0.4) is 0 Å². The minimum absolute atomic E-state index is 0.291. The summed E-state index contributed by atoms with van der Waals surface area (Å²) in [4.78, 5) is 0. The average Bonchev–Trinajstić information content (AvgIpc) is 2.83. The van der Waals surface area contributed by atoms with Crippen LogP contribution in [0.15, 0.2) is 48.5 Å². The van der Waals surface area contributed by atoms with Crippen LogP contribution in [0.25, 0.3) is 0 Å². The van der Waals surface area contributed by atoms with E-state index in [-0.39, 0.29) is 11.9 Å². The van der Waals surface area contributed by atoms with Crippen molar-refractivity contribution in [2.24, 2.45) is 0 Å². The lowest BCUT2D eigenvalue weighted by molar-refractivity contribution is 0.0144. The lowest BCUT2D eigenvalue weighted by Crippen LogP contribution is -2.36. The summed E-state index contributed by atoms with van der Waals surface area (Å²) >= 11 is 0. The predicted molar refractivity (Wildman–Crippen MR) is 72.0 cm³/mol. The molecule has 0 amide bonds. The highest BCUT2D eigenvalue weighted by Gasteiger charge is 2.40. The number of benzene rings is 2. The molecule has 0 saturated carbocycles. The number of aliphatic hydroxyl groups is 1. The molecule has 0 aliphatic carbocycles. The van der Waals surface area contributed by atoms with E-state index in [0.717, 1.165) is 11.1 Å². The highest BCUT2D eigenvalue weighted by atomic mass is 19.1. The van der Waals surface area contributed by atoms with Crippen molar-refractivity contribution >= 4 is 0 Å². The summed E-state index contributed by atoms with van der Waals surface area (Å²) in [5.74, 6) is -0.376. The average molecular weight is 257 g/mol. The molecule has 1 aliphatic rings. The normalized spacial score (nSPS) is 20.9. The highest BCUT2D eigenvalue weighted by molar-refractivity contribution is 5.38. The molecule has 98 valence electrons. The lowest BCUT2D eigenvalue weighted by Gasteiger charge is -2.31. The van der Waals surface area contributed by atoms with E-state index in [0.29, 0.717) is 12.1 Å². The summed E-state index contributed by atoms with van der Waals surface area (Å²) in [6, 6.07) is 14.0. The van der Waals surface area contributed by atoms with Crippen molar-refractivity contribution in [3.8, 4) is 0 Å². The maximum atomic E-state index is 13.9. The van der Waals surface area contributed by atoms with Gasteiger partial charge in [0.1, 0.15) is 11.4 Å². The second kappa shape index (κ2) is 4.44. The molecule has 19 heavy (non-hydrogen) atoms. The van der Waals surface area contributed by atoms with Gasteiger partial charge in [-0.3, -0.25) is 0 Å². The zero-order chi connectivity index (χ0) is 13.5. The van der Waals surface area contributed by atoms with E-state index in [1.54, 1.807) is 25.1 Å². The summed E-state index contributed by atoms with van der Waals surface area (Å²) in [5.41, 5.74) is 1.24. The van der Waals surface area contributed by atoms with Crippen LogP contribution in [0.5, 0.6) is 0 Å². The van der Waals surface area contributed by atoms with Crippen molar-refractivity contribution in [3.05, 3.63) is 71.0 Å². The molecule has 0 saturated heterocycles. The van der Waals surface area contributed by atoms with Crippen molar-refractivity contribution < 1.29 is 9.50 Å². The first-order valence-electron chi connectivity index (χ1n) is 6.39. The number of halogens is 1. The molecule has 0 spiro atoms. The molecule has 2 atom stereocenters. The molecule has 3 rings (SSSR count). The van der Waals surface area contributed by atoms with E-state index in [2.05, 4.69) is 5.32 Å². The Morgan fingerprint density at radius 1 is 1.16 bits per heavy atom. The fourth-order valence-corrected chi connectivity index (χ4v) is 2.83. The van der Waals surface area contributed by atoms with Crippen molar-refractivity contribution in [3.63, 3.8) is 0 Å². The number of nitrogens with one attached hydrogen (secondary N) is 1. The monoisotopic (exact) mass is 257 g/mol. The molecule has 1 heterocycles. The van der Waals surface area contributed by atoms with E-state index >= 15 is 0 Å². The highest BCUT2D eigenvalue weighted by Crippen LogP contribution is 2.40. The van der Waals surface area contributed by atoms with Crippen LogP contribution in [0.2, 0.25) is 0 Å². The maximum absolute atomic E-state index is 13.9. The third-order valence-electron chi connectivity index (χ3n) is 3.84. The second-order valence-electron chi connectivity index (χ2n) is 5.14. The lowest BCUT2D eigenvalue weighted by atomic mass is 9.84. The van der Waals surface area contributed by atoms with Gasteiger partial charge in [0.05, 0.1) is 6.04 Å². The molecule has 0 aromatic heterocycles. The van der Waals surface area contributed by atoms with Gasteiger partial charge in [-0.25, -0.2) is 4.39 Å². The summed E-state index contributed by atoms with van der Waals surface area (Å²) in [6.07, 6.45) is 0. The van der Waals surface area contributed by atoms with E-state index in [9.17, 15) is 9.50 Å².